The summed E-state index contributed by atoms with van der Waals surface area (Å²) >= 11 is 7.48. The number of hydrogen-bond acceptors (Lipinski definition) is 3. The molecule has 0 aromatic carbocycles. The van der Waals surface area contributed by atoms with Crippen LogP contribution in [0.15, 0.2) is 11.4 Å². The summed E-state index contributed by atoms with van der Waals surface area (Å²) in [6.07, 6.45) is 1.60. The highest BCUT2D eigenvalue weighted by Gasteiger charge is 2.25. The summed E-state index contributed by atoms with van der Waals surface area (Å²) in [5.41, 5.74) is 0. The normalized spacial score (nSPS) is 24.9. The van der Waals surface area contributed by atoms with E-state index in [0.717, 1.165) is 24.3 Å². The predicted molar refractivity (Wildman–Crippen MR) is 57.8 cm³/mol. The fourth-order valence-corrected chi connectivity index (χ4v) is 2.99. The molecule has 2 unspecified atom stereocenters. The summed E-state index contributed by atoms with van der Waals surface area (Å²) in [6.45, 7) is 1.47. The Morgan fingerprint density at radius 2 is 2.50 bits per heavy atom. The SMILES string of the molecule is OC(c1sccc1Cl)C1CCCOC1. The maximum absolute atomic E-state index is 10.1. The van der Waals surface area contributed by atoms with E-state index in [4.69, 9.17) is 16.3 Å². The lowest BCUT2D eigenvalue weighted by molar-refractivity contribution is -0.00859. The van der Waals surface area contributed by atoms with Crippen molar-refractivity contribution in [1.29, 1.82) is 0 Å². The molecule has 0 aliphatic carbocycles. The Morgan fingerprint density at radius 1 is 1.64 bits per heavy atom. The van der Waals surface area contributed by atoms with Gasteiger partial charge >= 0.3 is 0 Å². The molecule has 4 heteroatoms. The van der Waals surface area contributed by atoms with Crippen LogP contribution < -0.4 is 0 Å². The van der Waals surface area contributed by atoms with E-state index in [0.29, 0.717) is 11.6 Å². The molecular weight excluding hydrogens is 220 g/mol. The van der Waals surface area contributed by atoms with Gasteiger partial charge in [-0.3, -0.25) is 0 Å². The Morgan fingerprint density at radius 3 is 3.07 bits per heavy atom. The van der Waals surface area contributed by atoms with Crippen molar-refractivity contribution >= 4 is 22.9 Å². The highest BCUT2D eigenvalue weighted by Crippen LogP contribution is 2.35. The number of hydrogen-bond donors (Lipinski definition) is 1. The van der Waals surface area contributed by atoms with Crippen molar-refractivity contribution in [2.75, 3.05) is 13.2 Å². The number of rotatable bonds is 2. The second-order valence-corrected chi connectivity index (χ2v) is 4.91. The lowest BCUT2D eigenvalue weighted by atomic mass is 9.95. The minimum atomic E-state index is -0.456. The molecule has 2 nitrogen and oxygen atoms in total. The van der Waals surface area contributed by atoms with Crippen molar-refractivity contribution in [2.45, 2.75) is 18.9 Å². The van der Waals surface area contributed by atoms with E-state index in [1.165, 1.54) is 11.3 Å². The van der Waals surface area contributed by atoms with Gasteiger partial charge in [-0.2, -0.15) is 0 Å². The summed E-state index contributed by atoms with van der Waals surface area (Å²) in [5.74, 6) is 0.208. The van der Waals surface area contributed by atoms with E-state index in [9.17, 15) is 5.11 Å². The van der Waals surface area contributed by atoms with E-state index in [2.05, 4.69) is 0 Å². The fraction of sp³-hybridized carbons (Fsp3) is 0.600. The van der Waals surface area contributed by atoms with Gasteiger partial charge in [-0.15, -0.1) is 11.3 Å². The molecule has 0 radical (unpaired) electrons. The van der Waals surface area contributed by atoms with Crippen LogP contribution in [0.5, 0.6) is 0 Å². The first-order chi connectivity index (χ1) is 6.79. The average molecular weight is 233 g/mol. The van der Waals surface area contributed by atoms with E-state index >= 15 is 0 Å². The van der Waals surface area contributed by atoms with E-state index in [1.807, 2.05) is 11.4 Å². The third kappa shape index (κ3) is 2.11. The second-order valence-electron chi connectivity index (χ2n) is 3.55. The Kier molecular flexibility index (Phi) is 3.44. The summed E-state index contributed by atoms with van der Waals surface area (Å²) < 4.78 is 5.34. The van der Waals surface area contributed by atoms with Crippen molar-refractivity contribution in [3.8, 4) is 0 Å². The highest BCUT2D eigenvalue weighted by molar-refractivity contribution is 7.10. The van der Waals surface area contributed by atoms with Crippen LogP contribution in [0.3, 0.4) is 0 Å². The van der Waals surface area contributed by atoms with E-state index in [1.54, 1.807) is 0 Å². The molecule has 2 atom stereocenters. The molecule has 1 aliphatic rings. The number of thiophene rings is 1. The zero-order chi connectivity index (χ0) is 9.97. The van der Waals surface area contributed by atoms with Gasteiger partial charge in [0.25, 0.3) is 0 Å². The highest BCUT2D eigenvalue weighted by atomic mass is 35.5. The summed E-state index contributed by atoms with van der Waals surface area (Å²) in [5, 5.41) is 12.6. The smallest absolute Gasteiger partial charge is 0.0946 e. The summed E-state index contributed by atoms with van der Waals surface area (Å²) in [6, 6.07) is 1.83. The molecule has 1 fully saturated rings. The molecule has 78 valence electrons. The second kappa shape index (κ2) is 4.62. The molecule has 0 bridgehead atoms. The maximum Gasteiger partial charge on any atom is 0.0946 e. The van der Waals surface area contributed by atoms with Crippen LogP contribution in [0, 0.1) is 5.92 Å². The van der Waals surface area contributed by atoms with Gasteiger partial charge in [0.2, 0.25) is 0 Å². The Labute approximate surface area is 92.5 Å². The zero-order valence-corrected chi connectivity index (χ0v) is 9.35. The third-order valence-corrected chi connectivity index (χ3v) is 3.98. The van der Waals surface area contributed by atoms with Crippen molar-refractivity contribution in [2.24, 2.45) is 5.92 Å². The summed E-state index contributed by atoms with van der Waals surface area (Å²) in [7, 11) is 0. The zero-order valence-electron chi connectivity index (χ0n) is 7.78. The fourth-order valence-electron chi connectivity index (χ4n) is 1.75. The van der Waals surface area contributed by atoms with Gasteiger partial charge in [0.1, 0.15) is 0 Å². The van der Waals surface area contributed by atoms with Gasteiger partial charge < -0.3 is 9.84 Å². The Balaban J connectivity index is 2.07. The van der Waals surface area contributed by atoms with Crippen LogP contribution in [0.1, 0.15) is 23.8 Å². The monoisotopic (exact) mass is 232 g/mol. The molecule has 1 N–H and O–H groups in total. The summed E-state index contributed by atoms with van der Waals surface area (Å²) in [4.78, 5) is 0.877. The maximum atomic E-state index is 10.1. The van der Waals surface area contributed by atoms with Gasteiger partial charge in [0, 0.05) is 12.5 Å². The molecule has 1 aromatic rings. The average Bonchev–Trinajstić information content (AvgIpc) is 2.65. The minimum absolute atomic E-state index is 0.208. The van der Waals surface area contributed by atoms with Crippen molar-refractivity contribution in [3.05, 3.63) is 21.3 Å². The Bertz CT molecular complexity index is 294. The standard InChI is InChI=1S/C10H13ClO2S/c11-8-3-5-14-10(8)9(12)7-2-1-4-13-6-7/h3,5,7,9,12H,1-2,4,6H2. The van der Waals surface area contributed by atoms with Crippen LogP contribution in [0.25, 0.3) is 0 Å². The van der Waals surface area contributed by atoms with E-state index < -0.39 is 6.10 Å². The van der Waals surface area contributed by atoms with Gasteiger partial charge in [0.15, 0.2) is 0 Å². The first-order valence-electron chi connectivity index (χ1n) is 4.77. The van der Waals surface area contributed by atoms with Crippen molar-refractivity contribution in [1.82, 2.24) is 0 Å². The lowest BCUT2D eigenvalue weighted by Gasteiger charge is -2.26. The van der Waals surface area contributed by atoms with Crippen LogP contribution in [-0.4, -0.2) is 18.3 Å². The quantitative estimate of drug-likeness (QED) is 0.850. The largest absolute Gasteiger partial charge is 0.387 e. The van der Waals surface area contributed by atoms with E-state index in [-0.39, 0.29) is 5.92 Å². The molecule has 0 amide bonds. The van der Waals surface area contributed by atoms with Crippen LogP contribution >= 0.6 is 22.9 Å². The molecule has 14 heavy (non-hydrogen) atoms. The lowest BCUT2D eigenvalue weighted by Crippen LogP contribution is -2.23. The van der Waals surface area contributed by atoms with Gasteiger partial charge in [-0.25, -0.2) is 0 Å². The topological polar surface area (TPSA) is 29.5 Å². The number of halogens is 1. The first-order valence-corrected chi connectivity index (χ1v) is 6.03. The molecule has 2 rings (SSSR count). The van der Waals surface area contributed by atoms with Crippen LogP contribution in [0.4, 0.5) is 0 Å². The molecule has 2 heterocycles. The molecule has 0 spiro atoms. The van der Waals surface area contributed by atoms with Gasteiger partial charge in [0.05, 0.1) is 22.6 Å². The predicted octanol–water partition coefficient (Wildman–Crippen LogP) is 2.86. The van der Waals surface area contributed by atoms with Crippen LogP contribution in [-0.2, 0) is 4.74 Å². The van der Waals surface area contributed by atoms with Crippen molar-refractivity contribution < 1.29 is 9.84 Å². The first kappa shape index (κ1) is 10.4. The number of aliphatic hydroxyl groups excluding tert-OH is 1. The van der Waals surface area contributed by atoms with Gasteiger partial charge in [-0.1, -0.05) is 11.6 Å². The third-order valence-electron chi connectivity index (χ3n) is 2.56. The molecule has 1 saturated heterocycles. The number of aliphatic hydroxyl groups is 1. The number of ether oxygens (including phenoxy) is 1. The van der Waals surface area contributed by atoms with Gasteiger partial charge in [-0.05, 0) is 24.3 Å². The molecule has 0 saturated carbocycles. The van der Waals surface area contributed by atoms with Crippen molar-refractivity contribution in [3.63, 3.8) is 0 Å². The van der Waals surface area contributed by atoms with Crippen LogP contribution in [0.2, 0.25) is 5.02 Å². The molecule has 1 aliphatic heterocycles. The Hall–Kier alpha value is -0.0900. The molecule has 1 aromatic heterocycles. The minimum Gasteiger partial charge on any atom is -0.387 e. The molecular formula is C10H13ClO2S.